The molecule has 178 valence electrons. The van der Waals surface area contributed by atoms with E-state index in [1.807, 2.05) is 0 Å². The molecule has 11 nitrogen and oxygen atoms in total. The molecule has 0 radical (unpaired) electrons. The smallest absolute Gasteiger partial charge is 0.325 e. The Balaban J connectivity index is 1.56. The molecule has 1 fully saturated rings. The molecule has 1 saturated heterocycles. The second kappa shape index (κ2) is 8.93. The highest BCUT2D eigenvalue weighted by Gasteiger charge is 2.49. The molecule has 4 rings (SSSR count). The third-order valence-electron chi connectivity index (χ3n) is 5.64. The van der Waals surface area contributed by atoms with Crippen molar-refractivity contribution in [1.29, 1.82) is 0 Å². The van der Waals surface area contributed by atoms with Crippen LogP contribution in [-0.4, -0.2) is 55.4 Å². The number of nitrogens with one attached hydrogen (secondary N) is 1. The second-order valence-corrected chi connectivity index (χ2v) is 7.60. The highest BCUT2D eigenvalue weighted by molar-refractivity contribution is 6.07. The summed E-state index contributed by atoms with van der Waals surface area (Å²) < 4.78 is 26.4. The lowest BCUT2D eigenvalue weighted by Gasteiger charge is -2.23. The zero-order chi connectivity index (χ0) is 24.5. The Morgan fingerprint density at radius 1 is 0.912 bits per heavy atom. The van der Waals surface area contributed by atoms with Gasteiger partial charge in [-0.2, -0.15) is 4.98 Å². The van der Waals surface area contributed by atoms with E-state index in [0.717, 1.165) is 4.90 Å². The number of nitrogens with zero attached hydrogens (tertiary/aromatic N) is 3. The third kappa shape index (κ3) is 3.85. The van der Waals surface area contributed by atoms with E-state index in [4.69, 9.17) is 23.5 Å². The summed E-state index contributed by atoms with van der Waals surface area (Å²) in [5, 5.41) is 6.71. The maximum Gasteiger partial charge on any atom is 0.325 e. The van der Waals surface area contributed by atoms with E-state index in [0.29, 0.717) is 34.1 Å². The van der Waals surface area contributed by atoms with Gasteiger partial charge in [0.1, 0.15) is 12.1 Å². The minimum atomic E-state index is -1.30. The van der Waals surface area contributed by atoms with Crippen molar-refractivity contribution in [3.8, 4) is 34.4 Å². The summed E-state index contributed by atoms with van der Waals surface area (Å²) in [4.78, 5) is 31.3. The molecule has 2 heterocycles. The van der Waals surface area contributed by atoms with Crippen molar-refractivity contribution < 1.29 is 33.1 Å². The second-order valence-electron chi connectivity index (χ2n) is 7.60. The molecule has 3 aromatic rings. The Bertz CT molecular complexity index is 1240. The van der Waals surface area contributed by atoms with Crippen molar-refractivity contribution in [3.63, 3.8) is 0 Å². The van der Waals surface area contributed by atoms with Crippen molar-refractivity contribution in [2.45, 2.75) is 19.0 Å². The molecule has 11 heteroatoms. The first-order valence-corrected chi connectivity index (χ1v) is 10.3. The van der Waals surface area contributed by atoms with Gasteiger partial charge in [-0.1, -0.05) is 11.2 Å². The maximum absolute atomic E-state index is 13.3. The van der Waals surface area contributed by atoms with Crippen LogP contribution in [0.1, 0.15) is 18.4 Å². The number of imide groups is 1. The maximum atomic E-state index is 13.3. The number of ether oxygens (including phenoxy) is 4. The normalized spacial score (nSPS) is 17.5. The fourth-order valence-corrected chi connectivity index (χ4v) is 3.73. The summed E-state index contributed by atoms with van der Waals surface area (Å²) in [6, 6.07) is 9.62. The molecule has 3 amide bonds. The molecule has 0 saturated carbocycles. The monoisotopic (exact) mass is 468 g/mol. The molecule has 0 bridgehead atoms. The highest BCUT2D eigenvalue weighted by atomic mass is 16.5. The number of benzene rings is 2. The molecule has 1 aromatic heterocycles. The molecule has 1 aliphatic heterocycles. The zero-order valence-corrected chi connectivity index (χ0v) is 19.4. The topological polar surface area (TPSA) is 125 Å². The Hall–Kier alpha value is -4.28. The molecule has 34 heavy (non-hydrogen) atoms. The largest absolute Gasteiger partial charge is 0.493 e. The van der Waals surface area contributed by atoms with E-state index in [2.05, 4.69) is 15.5 Å². The molecular formula is C23H24N4O7. The van der Waals surface area contributed by atoms with Gasteiger partial charge in [0.25, 0.3) is 5.91 Å². The molecule has 2 aromatic carbocycles. The van der Waals surface area contributed by atoms with Gasteiger partial charge in [-0.3, -0.25) is 9.69 Å². The summed E-state index contributed by atoms with van der Waals surface area (Å²) in [6.07, 6.45) is 0. The van der Waals surface area contributed by atoms with Gasteiger partial charge in [0.2, 0.25) is 11.7 Å². The standard InChI is InChI=1S/C23H24N4O7/c1-23(14-7-9-16(31-3)18(11-14)33-5)21(28)27(22(29)25-23)12-19-24-20(26-34-19)13-6-8-15(30-2)17(10-13)32-4/h6-11H,12H2,1-5H3,(H,25,29)/t23-/m1/s1. The van der Waals surface area contributed by atoms with Crippen molar-refractivity contribution in [2.24, 2.45) is 0 Å². The zero-order valence-electron chi connectivity index (χ0n) is 19.4. The van der Waals surface area contributed by atoms with Crippen molar-refractivity contribution >= 4 is 11.9 Å². The Morgan fingerprint density at radius 2 is 1.53 bits per heavy atom. The Kier molecular flexibility index (Phi) is 6.01. The number of amides is 3. The highest BCUT2D eigenvalue weighted by Crippen LogP contribution is 2.36. The summed E-state index contributed by atoms with van der Waals surface area (Å²) in [6.45, 7) is 1.44. The lowest BCUT2D eigenvalue weighted by atomic mass is 9.91. The Morgan fingerprint density at radius 3 is 2.18 bits per heavy atom. The summed E-state index contributed by atoms with van der Waals surface area (Å²) in [7, 11) is 6.08. The lowest BCUT2D eigenvalue weighted by Crippen LogP contribution is -2.40. The van der Waals surface area contributed by atoms with E-state index in [1.54, 1.807) is 43.3 Å². The average molecular weight is 468 g/mol. The summed E-state index contributed by atoms with van der Waals surface area (Å²) >= 11 is 0. The number of hydrogen-bond donors (Lipinski definition) is 1. The van der Waals surface area contributed by atoms with Crippen molar-refractivity contribution in [2.75, 3.05) is 28.4 Å². The number of methoxy groups -OCH3 is 4. The molecule has 1 N–H and O–H groups in total. The number of carbonyl (C=O) groups is 2. The number of rotatable bonds is 8. The van der Waals surface area contributed by atoms with Gasteiger partial charge in [0, 0.05) is 5.56 Å². The predicted octanol–water partition coefficient (Wildman–Crippen LogP) is 2.74. The van der Waals surface area contributed by atoms with Gasteiger partial charge >= 0.3 is 6.03 Å². The number of aromatic nitrogens is 2. The first-order valence-electron chi connectivity index (χ1n) is 10.3. The van der Waals surface area contributed by atoms with E-state index in [-0.39, 0.29) is 18.3 Å². The minimum Gasteiger partial charge on any atom is -0.493 e. The quantitative estimate of drug-likeness (QED) is 0.497. The molecule has 0 spiro atoms. The predicted molar refractivity (Wildman–Crippen MR) is 119 cm³/mol. The third-order valence-corrected chi connectivity index (χ3v) is 5.64. The number of urea groups is 1. The average Bonchev–Trinajstić information content (AvgIpc) is 3.42. The molecular weight excluding hydrogens is 444 g/mol. The molecule has 0 aliphatic carbocycles. The van der Waals surface area contributed by atoms with Crippen LogP contribution >= 0.6 is 0 Å². The van der Waals surface area contributed by atoms with Crippen LogP contribution in [0.3, 0.4) is 0 Å². The van der Waals surface area contributed by atoms with Gasteiger partial charge in [-0.05, 0) is 42.8 Å². The van der Waals surface area contributed by atoms with E-state index in [1.165, 1.54) is 28.4 Å². The van der Waals surface area contributed by atoms with Crippen LogP contribution in [0, 0.1) is 0 Å². The van der Waals surface area contributed by atoms with E-state index in [9.17, 15) is 9.59 Å². The van der Waals surface area contributed by atoms with Crippen LogP contribution in [-0.2, 0) is 16.9 Å². The van der Waals surface area contributed by atoms with Gasteiger partial charge in [0.05, 0.1) is 28.4 Å². The SMILES string of the molecule is COc1ccc(-c2noc(CN3C(=O)N[C@](C)(c4ccc(OC)c(OC)c4)C3=O)n2)cc1OC. The fourth-order valence-electron chi connectivity index (χ4n) is 3.73. The van der Waals surface area contributed by atoms with Crippen molar-refractivity contribution in [3.05, 3.63) is 47.9 Å². The van der Waals surface area contributed by atoms with Crippen LogP contribution in [0.5, 0.6) is 23.0 Å². The van der Waals surface area contributed by atoms with Crippen LogP contribution in [0.25, 0.3) is 11.4 Å². The number of carbonyl (C=O) groups excluding carboxylic acids is 2. The van der Waals surface area contributed by atoms with Gasteiger partial charge in [0.15, 0.2) is 23.0 Å². The summed E-state index contributed by atoms with van der Waals surface area (Å²) in [5.74, 6) is 1.94. The van der Waals surface area contributed by atoms with E-state index < -0.39 is 17.5 Å². The Labute approximate surface area is 195 Å². The number of hydrogen-bond acceptors (Lipinski definition) is 9. The first kappa shape index (κ1) is 22.9. The lowest BCUT2D eigenvalue weighted by molar-refractivity contribution is -0.131. The van der Waals surface area contributed by atoms with Crippen LogP contribution in [0.15, 0.2) is 40.9 Å². The fraction of sp³-hybridized carbons (Fsp3) is 0.304. The minimum absolute atomic E-state index is 0.102. The summed E-state index contributed by atoms with van der Waals surface area (Å²) in [5.41, 5.74) is -0.134. The van der Waals surface area contributed by atoms with Gasteiger partial charge in [-0.15, -0.1) is 0 Å². The molecule has 0 unspecified atom stereocenters. The van der Waals surface area contributed by atoms with Gasteiger partial charge in [-0.25, -0.2) is 4.79 Å². The first-order chi connectivity index (χ1) is 16.3. The van der Waals surface area contributed by atoms with Crippen LogP contribution in [0.2, 0.25) is 0 Å². The van der Waals surface area contributed by atoms with Crippen molar-refractivity contribution in [1.82, 2.24) is 20.4 Å². The molecule has 1 aliphatic rings. The van der Waals surface area contributed by atoms with Crippen LogP contribution in [0.4, 0.5) is 4.79 Å². The van der Waals surface area contributed by atoms with E-state index >= 15 is 0 Å². The molecule has 1 atom stereocenters. The van der Waals surface area contributed by atoms with Gasteiger partial charge < -0.3 is 28.8 Å². The van der Waals surface area contributed by atoms with Crippen LogP contribution < -0.4 is 24.3 Å².